The van der Waals surface area contributed by atoms with E-state index < -0.39 is 10.2 Å². The Labute approximate surface area is 98.0 Å². The molecule has 1 atom stereocenters. The minimum Gasteiger partial charge on any atom is -0.395 e. The van der Waals surface area contributed by atoms with Gasteiger partial charge in [-0.15, -0.1) is 0 Å². The van der Waals surface area contributed by atoms with Crippen molar-refractivity contribution in [2.45, 2.75) is 45.1 Å². The van der Waals surface area contributed by atoms with Crippen LogP contribution in [0.1, 0.15) is 39.0 Å². The number of rotatable bonds is 5. The minimum atomic E-state index is -3.41. The summed E-state index contributed by atoms with van der Waals surface area (Å²) in [6, 6.07) is -0.367. The summed E-state index contributed by atoms with van der Waals surface area (Å²) < 4.78 is 28.0. The van der Waals surface area contributed by atoms with Crippen molar-refractivity contribution in [1.29, 1.82) is 0 Å². The Kier molecular flexibility index (Phi) is 5.68. The molecule has 6 heteroatoms. The fraction of sp³-hybridized carbons (Fsp3) is 1.00. The summed E-state index contributed by atoms with van der Waals surface area (Å²) in [7, 11) is -3.41. The highest BCUT2D eigenvalue weighted by Crippen LogP contribution is 2.12. The van der Waals surface area contributed by atoms with Crippen LogP contribution in [0.2, 0.25) is 0 Å². The lowest BCUT2D eigenvalue weighted by Gasteiger charge is -2.23. The molecule has 0 aromatic heterocycles. The lowest BCUT2D eigenvalue weighted by molar-refractivity contribution is 0.251. The highest BCUT2D eigenvalue weighted by molar-refractivity contribution is 7.87. The van der Waals surface area contributed by atoms with Crippen molar-refractivity contribution < 1.29 is 13.5 Å². The second-order valence-electron chi connectivity index (χ2n) is 4.22. The molecule has 0 saturated carbocycles. The largest absolute Gasteiger partial charge is 0.395 e. The average molecular weight is 250 g/mol. The summed E-state index contributed by atoms with van der Waals surface area (Å²) in [5, 5.41) is 9.00. The first kappa shape index (κ1) is 13.9. The van der Waals surface area contributed by atoms with Crippen LogP contribution in [0.3, 0.4) is 0 Å². The molecule has 5 nitrogen and oxygen atoms in total. The van der Waals surface area contributed by atoms with E-state index in [1.165, 1.54) is 4.31 Å². The number of nitrogens with one attached hydrogen (secondary N) is 1. The molecule has 0 amide bonds. The van der Waals surface area contributed by atoms with Gasteiger partial charge in [0.15, 0.2) is 0 Å². The lowest BCUT2D eigenvalue weighted by Crippen LogP contribution is -2.46. The minimum absolute atomic E-state index is 0.149. The van der Waals surface area contributed by atoms with Crippen molar-refractivity contribution in [3.05, 3.63) is 0 Å². The number of hydrogen-bond acceptors (Lipinski definition) is 3. The van der Waals surface area contributed by atoms with E-state index in [-0.39, 0.29) is 12.6 Å². The Balaban J connectivity index is 2.60. The van der Waals surface area contributed by atoms with Crippen molar-refractivity contribution in [2.75, 3.05) is 19.7 Å². The Bertz CT molecular complexity index is 280. The van der Waals surface area contributed by atoms with Crippen LogP contribution in [0.5, 0.6) is 0 Å². The lowest BCUT2D eigenvalue weighted by atomic mass is 10.2. The van der Waals surface area contributed by atoms with Gasteiger partial charge in [0.25, 0.3) is 10.2 Å². The van der Waals surface area contributed by atoms with Crippen LogP contribution in [0.4, 0.5) is 0 Å². The maximum atomic E-state index is 12.0. The van der Waals surface area contributed by atoms with Crippen LogP contribution in [-0.4, -0.2) is 43.6 Å². The van der Waals surface area contributed by atoms with E-state index in [2.05, 4.69) is 4.72 Å². The quantitative estimate of drug-likeness (QED) is 0.745. The number of aliphatic hydroxyl groups is 1. The molecule has 2 N–H and O–H groups in total. The summed E-state index contributed by atoms with van der Waals surface area (Å²) in [6.07, 6.45) is 4.66. The van der Waals surface area contributed by atoms with Gasteiger partial charge >= 0.3 is 0 Å². The van der Waals surface area contributed by atoms with E-state index in [1.807, 2.05) is 6.92 Å². The van der Waals surface area contributed by atoms with E-state index >= 15 is 0 Å². The van der Waals surface area contributed by atoms with Gasteiger partial charge < -0.3 is 5.11 Å². The molecule has 1 aliphatic rings. The van der Waals surface area contributed by atoms with Crippen molar-refractivity contribution in [3.8, 4) is 0 Å². The summed E-state index contributed by atoms with van der Waals surface area (Å²) in [5.41, 5.74) is 0. The molecule has 96 valence electrons. The summed E-state index contributed by atoms with van der Waals surface area (Å²) in [4.78, 5) is 0. The maximum absolute atomic E-state index is 12.0. The second kappa shape index (κ2) is 6.54. The van der Waals surface area contributed by atoms with Crippen LogP contribution >= 0.6 is 0 Å². The first-order chi connectivity index (χ1) is 7.60. The zero-order valence-corrected chi connectivity index (χ0v) is 10.7. The van der Waals surface area contributed by atoms with Crippen LogP contribution in [0.25, 0.3) is 0 Å². The van der Waals surface area contributed by atoms with Gasteiger partial charge in [0.1, 0.15) is 0 Å². The molecule has 0 radical (unpaired) electrons. The first-order valence-corrected chi connectivity index (χ1v) is 7.42. The standard InChI is InChI=1S/C10H22N2O3S/c1-2-10(9-13)11-16(14,15)12-7-5-3-4-6-8-12/h10-11,13H,2-9H2,1H3/t10-/m0/s1. The van der Waals surface area contributed by atoms with E-state index in [0.29, 0.717) is 19.5 Å². The third kappa shape index (κ3) is 4.01. The SMILES string of the molecule is CC[C@@H](CO)NS(=O)(=O)N1CCCCCC1. The van der Waals surface area contributed by atoms with Crippen molar-refractivity contribution in [3.63, 3.8) is 0 Å². The van der Waals surface area contributed by atoms with Gasteiger partial charge in [-0.3, -0.25) is 0 Å². The van der Waals surface area contributed by atoms with E-state index in [1.54, 1.807) is 0 Å². The molecule has 1 fully saturated rings. The first-order valence-electron chi connectivity index (χ1n) is 5.98. The summed E-state index contributed by atoms with van der Waals surface area (Å²) in [6.45, 7) is 2.89. The predicted octanol–water partition coefficient (Wildman–Crippen LogP) is 0.468. The van der Waals surface area contributed by atoms with Crippen LogP contribution in [0.15, 0.2) is 0 Å². The molecule has 0 unspecified atom stereocenters. The van der Waals surface area contributed by atoms with Gasteiger partial charge in [0.05, 0.1) is 6.61 Å². The van der Waals surface area contributed by atoms with Crippen molar-refractivity contribution >= 4 is 10.2 Å². The molecular formula is C10H22N2O3S. The smallest absolute Gasteiger partial charge is 0.279 e. The monoisotopic (exact) mass is 250 g/mol. The maximum Gasteiger partial charge on any atom is 0.279 e. The number of nitrogens with zero attached hydrogens (tertiary/aromatic N) is 1. The zero-order valence-electron chi connectivity index (χ0n) is 9.85. The molecule has 1 aliphatic heterocycles. The average Bonchev–Trinajstić information content (AvgIpc) is 2.54. The Morgan fingerprint density at radius 3 is 2.25 bits per heavy atom. The molecule has 0 aliphatic carbocycles. The fourth-order valence-corrected chi connectivity index (χ4v) is 3.37. The third-order valence-corrected chi connectivity index (χ3v) is 4.61. The molecule has 1 saturated heterocycles. The summed E-state index contributed by atoms with van der Waals surface area (Å²) >= 11 is 0. The number of hydrogen-bond donors (Lipinski definition) is 2. The fourth-order valence-electron chi connectivity index (χ4n) is 1.82. The molecule has 0 aromatic carbocycles. The second-order valence-corrected chi connectivity index (χ2v) is 5.93. The van der Waals surface area contributed by atoms with Gasteiger partial charge in [-0.25, -0.2) is 0 Å². The van der Waals surface area contributed by atoms with Crippen molar-refractivity contribution in [2.24, 2.45) is 0 Å². The molecule has 16 heavy (non-hydrogen) atoms. The van der Waals surface area contributed by atoms with E-state index in [0.717, 1.165) is 25.7 Å². The topological polar surface area (TPSA) is 69.6 Å². The van der Waals surface area contributed by atoms with Gasteiger partial charge in [-0.1, -0.05) is 19.8 Å². The Morgan fingerprint density at radius 1 is 1.25 bits per heavy atom. The Hall–Kier alpha value is -0.170. The highest BCUT2D eigenvalue weighted by atomic mass is 32.2. The molecule has 1 heterocycles. The Morgan fingerprint density at radius 2 is 1.81 bits per heavy atom. The van der Waals surface area contributed by atoms with Crippen LogP contribution < -0.4 is 4.72 Å². The predicted molar refractivity (Wildman–Crippen MR) is 63.3 cm³/mol. The van der Waals surface area contributed by atoms with Gasteiger partial charge in [0, 0.05) is 19.1 Å². The van der Waals surface area contributed by atoms with Crippen LogP contribution in [0, 0.1) is 0 Å². The normalized spacial score (nSPS) is 21.6. The zero-order chi connectivity index (χ0) is 12.0. The molecule has 0 spiro atoms. The van der Waals surface area contributed by atoms with Gasteiger partial charge in [0.2, 0.25) is 0 Å². The van der Waals surface area contributed by atoms with Gasteiger partial charge in [-0.05, 0) is 19.3 Å². The molecule has 1 rings (SSSR count). The van der Waals surface area contributed by atoms with E-state index in [4.69, 9.17) is 5.11 Å². The van der Waals surface area contributed by atoms with Gasteiger partial charge in [-0.2, -0.15) is 17.4 Å². The van der Waals surface area contributed by atoms with Crippen LogP contribution in [-0.2, 0) is 10.2 Å². The molecule has 0 aromatic rings. The molecule has 0 bridgehead atoms. The molecular weight excluding hydrogens is 228 g/mol. The van der Waals surface area contributed by atoms with Crippen molar-refractivity contribution in [1.82, 2.24) is 9.03 Å². The highest BCUT2D eigenvalue weighted by Gasteiger charge is 2.24. The summed E-state index contributed by atoms with van der Waals surface area (Å²) in [5.74, 6) is 0. The third-order valence-electron chi connectivity index (χ3n) is 2.93. The number of aliphatic hydroxyl groups excluding tert-OH is 1. The van der Waals surface area contributed by atoms with E-state index in [9.17, 15) is 8.42 Å².